The first-order valence-corrected chi connectivity index (χ1v) is 9.69. The lowest BCUT2D eigenvalue weighted by Crippen LogP contribution is -2.53. The van der Waals surface area contributed by atoms with E-state index in [9.17, 15) is 4.39 Å². The van der Waals surface area contributed by atoms with Gasteiger partial charge in [-0.3, -0.25) is 0 Å². The molecular weight excluding hydrogens is 333 g/mol. The molecule has 1 unspecified atom stereocenters. The number of halogens is 1. The molecule has 1 aromatic rings. The van der Waals surface area contributed by atoms with E-state index in [1.807, 2.05) is 7.05 Å². The summed E-state index contributed by atoms with van der Waals surface area (Å²) in [6.07, 6.45) is 0. The van der Waals surface area contributed by atoms with Gasteiger partial charge in [-0.1, -0.05) is 17.4 Å². The molecule has 3 aliphatic heterocycles. The van der Waals surface area contributed by atoms with Gasteiger partial charge in [-0.2, -0.15) is 0 Å². The van der Waals surface area contributed by atoms with E-state index >= 15 is 0 Å². The topological polar surface area (TPSA) is 35.0 Å². The van der Waals surface area contributed by atoms with Gasteiger partial charge in [-0.25, -0.2) is 14.4 Å². The fourth-order valence-corrected chi connectivity index (χ4v) is 5.85. The number of nitrogens with zero attached hydrogens (tertiary/aromatic N) is 5. The largest absolute Gasteiger partial charge is 0.340 e. The Hall–Kier alpha value is -1.25. The molecule has 3 aliphatic rings. The normalized spacial score (nSPS) is 24.1. The van der Waals surface area contributed by atoms with E-state index in [1.54, 1.807) is 33.4 Å². The Labute approximate surface area is 143 Å². The quantitative estimate of drug-likeness (QED) is 0.669. The fourth-order valence-electron chi connectivity index (χ4n) is 3.11. The summed E-state index contributed by atoms with van der Waals surface area (Å²) >= 11 is 0. The minimum absolute atomic E-state index is 0.277. The first-order chi connectivity index (χ1) is 11.0. The summed E-state index contributed by atoms with van der Waals surface area (Å²) in [6.45, 7) is 8.50. The standard InChI is InChI=1S/C15H18FN5S2/c1-8-12(16)13-11-14(18-9(2)20(13)4)21-6-5-19(3)7-10(21)22-23-15(11)17-8/h10H,2,5-7H2,1,3-4H3. The monoisotopic (exact) mass is 351 g/mol. The van der Waals surface area contributed by atoms with Crippen LogP contribution in [0, 0.1) is 12.7 Å². The lowest BCUT2D eigenvalue weighted by atomic mass is 10.1. The van der Waals surface area contributed by atoms with Crippen molar-refractivity contribution in [3.63, 3.8) is 0 Å². The number of anilines is 1. The molecule has 4 heterocycles. The van der Waals surface area contributed by atoms with Crippen LogP contribution in [-0.2, 0) is 0 Å². The Morgan fingerprint density at radius 2 is 2.09 bits per heavy atom. The van der Waals surface area contributed by atoms with Crippen molar-refractivity contribution in [1.82, 2.24) is 14.8 Å². The number of fused-ring (bicyclic) bond motifs is 2. The second kappa shape index (κ2) is 5.39. The molecule has 0 saturated carbocycles. The highest BCUT2D eigenvalue weighted by molar-refractivity contribution is 8.77. The Balaban J connectivity index is 1.94. The number of piperazine rings is 1. The van der Waals surface area contributed by atoms with Crippen LogP contribution in [0.4, 0.5) is 10.1 Å². The number of likely N-dealkylation sites (N-methyl/N-ethyl adjacent to an activating group) is 1. The smallest absolute Gasteiger partial charge is 0.168 e. The number of pyridine rings is 1. The number of aromatic nitrogens is 1. The zero-order valence-corrected chi connectivity index (χ0v) is 15.0. The molecule has 1 atom stereocenters. The molecular formula is C15H18FN5S2. The van der Waals surface area contributed by atoms with Crippen molar-refractivity contribution in [2.45, 2.75) is 17.3 Å². The molecule has 1 aromatic heterocycles. The molecule has 0 spiro atoms. The highest BCUT2D eigenvalue weighted by Crippen LogP contribution is 2.47. The van der Waals surface area contributed by atoms with Gasteiger partial charge in [0.25, 0.3) is 0 Å². The third-order valence-corrected chi connectivity index (χ3v) is 7.08. The van der Waals surface area contributed by atoms with Gasteiger partial charge < -0.3 is 14.7 Å². The van der Waals surface area contributed by atoms with Crippen molar-refractivity contribution in [3.8, 4) is 0 Å². The van der Waals surface area contributed by atoms with Gasteiger partial charge in [-0.05, 0) is 24.8 Å². The first-order valence-electron chi connectivity index (χ1n) is 7.47. The Morgan fingerprint density at radius 3 is 2.87 bits per heavy atom. The number of hydrogen-bond donors (Lipinski definition) is 0. The molecule has 0 aromatic carbocycles. The molecule has 5 nitrogen and oxygen atoms in total. The number of rotatable bonds is 0. The molecule has 1 saturated heterocycles. The van der Waals surface area contributed by atoms with E-state index < -0.39 is 0 Å². The Morgan fingerprint density at radius 1 is 1.30 bits per heavy atom. The Bertz CT molecular complexity index is 735. The summed E-state index contributed by atoms with van der Waals surface area (Å²) in [5, 5.41) is 1.12. The average Bonchev–Trinajstić information content (AvgIpc) is 2.65. The van der Waals surface area contributed by atoms with Crippen molar-refractivity contribution < 1.29 is 4.39 Å². The van der Waals surface area contributed by atoms with Gasteiger partial charge in [0, 0.05) is 26.7 Å². The fraction of sp³-hybridized carbons (Fsp3) is 0.467. The zero-order chi connectivity index (χ0) is 16.3. The lowest BCUT2D eigenvalue weighted by Gasteiger charge is -2.41. The molecule has 122 valence electrons. The predicted molar refractivity (Wildman–Crippen MR) is 94.5 cm³/mol. The van der Waals surface area contributed by atoms with E-state index in [0.717, 1.165) is 36.1 Å². The van der Waals surface area contributed by atoms with Crippen LogP contribution in [0.3, 0.4) is 0 Å². The van der Waals surface area contributed by atoms with Crippen molar-refractivity contribution in [1.29, 1.82) is 0 Å². The molecule has 8 heteroatoms. The van der Waals surface area contributed by atoms with Gasteiger partial charge in [0.15, 0.2) is 5.82 Å². The molecule has 0 radical (unpaired) electrons. The minimum Gasteiger partial charge on any atom is -0.340 e. The molecule has 0 amide bonds. The molecule has 1 fully saturated rings. The third-order valence-electron chi connectivity index (χ3n) is 4.47. The minimum atomic E-state index is -0.280. The summed E-state index contributed by atoms with van der Waals surface area (Å²) in [7, 11) is 7.34. The third kappa shape index (κ3) is 2.27. The van der Waals surface area contributed by atoms with Crippen LogP contribution in [0.5, 0.6) is 0 Å². The van der Waals surface area contributed by atoms with Crippen molar-refractivity contribution in [3.05, 3.63) is 29.5 Å². The van der Waals surface area contributed by atoms with Crippen LogP contribution >= 0.6 is 21.6 Å². The van der Waals surface area contributed by atoms with Gasteiger partial charge in [0.05, 0.1) is 22.3 Å². The van der Waals surface area contributed by atoms with Gasteiger partial charge >= 0.3 is 0 Å². The van der Waals surface area contributed by atoms with Crippen molar-refractivity contribution in [2.75, 3.05) is 38.6 Å². The van der Waals surface area contributed by atoms with E-state index in [4.69, 9.17) is 4.99 Å². The highest BCUT2D eigenvalue weighted by atomic mass is 33.1. The molecule has 0 bridgehead atoms. The van der Waals surface area contributed by atoms with Crippen molar-refractivity contribution in [2.24, 2.45) is 4.99 Å². The number of amidine groups is 1. The summed E-state index contributed by atoms with van der Waals surface area (Å²) in [5.41, 5.74) is 1.78. The van der Waals surface area contributed by atoms with E-state index in [-0.39, 0.29) is 11.2 Å². The molecule has 0 N–H and O–H groups in total. The maximum Gasteiger partial charge on any atom is 0.168 e. The summed E-state index contributed by atoms with van der Waals surface area (Å²) in [4.78, 5) is 15.5. The van der Waals surface area contributed by atoms with Crippen LogP contribution in [0.2, 0.25) is 0 Å². The summed E-state index contributed by atoms with van der Waals surface area (Å²) in [6, 6.07) is 0. The van der Waals surface area contributed by atoms with Crippen molar-refractivity contribution >= 4 is 33.1 Å². The first kappa shape index (κ1) is 15.3. The van der Waals surface area contributed by atoms with Gasteiger partial charge in [-0.15, -0.1) is 0 Å². The van der Waals surface area contributed by atoms with Gasteiger partial charge in [0.1, 0.15) is 16.7 Å². The SMILES string of the molecule is C=C1N=C2c3c(nc(C)c(F)c3N1C)SSC1CN(C)CCN21. The summed E-state index contributed by atoms with van der Waals surface area (Å²) in [5.74, 6) is 1.11. The maximum absolute atomic E-state index is 14.8. The number of aryl methyl sites for hydroxylation is 1. The maximum atomic E-state index is 14.8. The van der Waals surface area contributed by atoms with Crippen LogP contribution in [-0.4, -0.2) is 59.7 Å². The Kier molecular flexibility index (Phi) is 3.58. The predicted octanol–water partition coefficient (Wildman–Crippen LogP) is 2.52. The van der Waals surface area contributed by atoms with E-state index in [2.05, 4.69) is 28.4 Å². The van der Waals surface area contributed by atoms with Crippen LogP contribution in [0.15, 0.2) is 22.4 Å². The second-order valence-corrected chi connectivity index (χ2v) is 8.41. The summed E-state index contributed by atoms with van der Waals surface area (Å²) < 4.78 is 14.8. The highest BCUT2D eigenvalue weighted by Gasteiger charge is 2.39. The molecule has 0 aliphatic carbocycles. The number of hydrogen-bond acceptors (Lipinski definition) is 7. The second-order valence-electron chi connectivity index (χ2n) is 6.04. The van der Waals surface area contributed by atoms with Crippen LogP contribution < -0.4 is 4.90 Å². The zero-order valence-electron chi connectivity index (χ0n) is 13.3. The number of aliphatic imine (C=N–C) groups is 1. The van der Waals surface area contributed by atoms with E-state index in [1.165, 1.54) is 0 Å². The lowest BCUT2D eigenvalue weighted by molar-refractivity contribution is 0.199. The van der Waals surface area contributed by atoms with Gasteiger partial charge in [0.2, 0.25) is 0 Å². The van der Waals surface area contributed by atoms with Crippen LogP contribution in [0.25, 0.3) is 0 Å². The molecule has 23 heavy (non-hydrogen) atoms. The van der Waals surface area contributed by atoms with Crippen LogP contribution in [0.1, 0.15) is 11.3 Å². The van der Waals surface area contributed by atoms with E-state index in [0.29, 0.717) is 17.2 Å². The average molecular weight is 351 g/mol. The molecule has 4 rings (SSSR count).